The van der Waals surface area contributed by atoms with Gasteiger partial charge >= 0.3 is 6.09 Å². The molecule has 1 aliphatic rings. The van der Waals surface area contributed by atoms with Crippen molar-refractivity contribution in [3.8, 4) is 0 Å². The number of halogens is 2. The second-order valence-corrected chi connectivity index (χ2v) is 3.77. The van der Waals surface area contributed by atoms with Crippen LogP contribution in [0.25, 0.3) is 0 Å². The summed E-state index contributed by atoms with van der Waals surface area (Å²) >= 11 is 3.37. The largest absolute Gasteiger partial charge is 0.447 e. The molecule has 5 heteroatoms. The van der Waals surface area contributed by atoms with Gasteiger partial charge in [0.15, 0.2) is 0 Å². The summed E-state index contributed by atoms with van der Waals surface area (Å²) in [4.78, 5) is 10.8. The molecule has 2 rings (SSSR count). The molecule has 0 aromatic heterocycles. The molecule has 0 saturated carbocycles. The molecule has 1 saturated heterocycles. The van der Waals surface area contributed by atoms with E-state index in [4.69, 9.17) is 4.74 Å². The lowest BCUT2D eigenvalue weighted by atomic mass is 10.1. The van der Waals surface area contributed by atoms with Crippen molar-refractivity contribution < 1.29 is 9.53 Å². The van der Waals surface area contributed by atoms with Crippen LogP contribution in [-0.2, 0) is 4.74 Å². The zero-order chi connectivity index (χ0) is 9.26. The summed E-state index contributed by atoms with van der Waals surface area (Å²) in [5.41, 5.74) is 1.06. The van der Waals surface area contributed by atoms with E-state index in [0.717, 1.165) is 10.0 Å². The van der Waals surface area contributed by atoms with Crippen LogP contribution in [0, 0.1) is 0 Å². The van der Waals surface area contributed by atoms with E-state index in [1.807, 2.05) is 24.3 Å². The molecule has 0 radical (unpaired) electrons. The summed E-state index contributed by atoms with van der Waals surface area (Å²) in [6.07, 6.45) is -0.343. The van der Waals surface area contributed by atoms with Gasteiger partial charge in [0.1, 0.15) is 6.61 Å². The molecule has 1 fully saturated rings. The minimum absolute atomic E-state index is 0. The van der Waals surface area contributed by atoms with E-state index in [9.17, 15) is 4.79 Å². The first-order valence-electron chi connectivity index (χ1n) is 3.94. The Morgan fingerprint density at radius 3 is 2.86 bits per heavy atom. The standard InChI is InChI=1S/C9H8BrNO2.ClH/c10-7-3-1-2-6(4-7)8-5-13-9(12)11-8;/h1-4,8H,5H2,(H,11,12);1H/t8-;/m1./s1. The van der Waals surface area contributed by atoms with Crippen LogP contribution in [0.2, 0.25) is 0 Å². The predicted octanol–water partition coefficient (Wildman–Crippen LogP) is 2.65. The Morgan fingerprint density at radius 1 is 1.50 bits per heavy atom. The first-order chi connectivity index (χ1) is 6.25. The third kappa shape index (κ3) is 2.39. The number of hydrogen-bond donors (Lipinski definition) is 1. The summed E-state index contributed by atoms with van der Waals surface area (Å²) in [6, 6.07) is 7.81. The summed E-state index contributed by atoms with van der Waals surface area (Å²) in [7, 11) is 0. The SMILES string of the molecule is Cl.O=C1N[C@@H](c2cccc(Br)c2)CO1. The monoisotopic (exact) mass is 277 g/mol. The average molecular weight is 279 g/mol. The van der Waals surface area contributed by atoms with Gasteiger partial charge in [0.25, 0.3) is 0 Å². The highest BCUT2D eigenvalue weighted by atomic mass is 79.9. The van der Waals surface area contributed by atoms with Gasteiger partial charge in [-0.3, -0.25) is 0 Å². The number of hydrogen-bond acceptors (Lipinski definition) is 2. The number of rotatable bonds is 1. The van der Waals surface area contributed by atoms with Gasteiger partial charge in [0.2, 0.25) is 0 Å². The zero-order valence-corrected chi connectivity index (χ0v) is 9.60. The molecule has 1 aliphatic heterocycles. The van der Waals surface area contributed by atoms with Gasteiger partial charge in [0.05, 0.1) is 6.04 Å². The van der Waals surface area contributed by atoms with Gasteiger partial charge in [-0.15, -0.1) is 12.4 Å². The maximum Gasteiger partial charge on any atom is 0.407 e. The number of ether oxygens (including phenoxy) is 1. The topological polar surface area (TPSA) is 38.3 Å². The van der Waals surface area contributed by atoms with E-state index in [0.29, 0.717) is 6.61 Å². The Hall–Kier alpha value is -0.740. The Morgan fingerprint density at radius 2 is 2.29 bits per heavy atom. The van der Waals surface area contributed by atoms with Gasteiger partial charge < -0.3 is 10.1 Å². The van der Waals surface area contributed by atoms with E-state index >= 15 is 0 Å². The molecule has 76 valence electrons. The number of alkyl carbamates (subject to hydrolysis) is 1. The molecule has 14 heavy (non-hydrogen) atoms. The van der Waals surface area contributed by atoms with Gasteiger partial charge in [-0.2, -0.15) is 0 Å². The summed E-state index contributed by atoms with van der Waals surface area (Å²) in [5, 5.41) is 2.72. The lowest BCUT2D eigenvalue weighted by Crippen LogP contribution is -2.18. The van der Waals surface area contributed by atoms with Gasteiger partial charge in [-0.05, 0) is 17.7 Å². The minimum atomic E-state index is -0.343. The second kappa shape index (κ2) is 4.66. The number of cyclic esters (lactones) is 1. The third-order valence-electron chi connectivity index (χ3n) is 1.92. The number of nitrogens with one attached hydrogen (secondary N) is 1. The van der Waals surface area contributed by atoms with E-state index in [2.05, 4.69) is 21.2 Å². The highest BCUT2D eigenvalue weighted by Crippen LogP contribution is 2.21. The third-order valence-corrected chi connectivity index (χ3v) is 2.42. The molecule has 0 aliphatic carbocycles. The molecule has 0 unspecified atom stereocenters. The fourth-order valence-electron chi connectivity index (χ4n) is 1.29. The maximum atomic E-state index is 10.8. The lowest BCUT2D eigenvalue weighted by Gasteiger charge is -2.06. The highest BCUT2D eigenvalue weighted by molar-refractivity contribution is 9.10. The van der Waals surface area contributed by atoms with Crippen LogP contribution in [0.4, 0.5) is 4.79 Å². The number of benzene rings is 1. The molecular weight excluding hydrogens is 269 g/mol. The Balaban J connectivity index is 0.000000980. The normalized spacial score (nSPS) is 19.5. The summed E-state index contributed by atoms with van der Waals surface area (Å²) < 4.78 is 5.80. The average Bonchev–Trinajstić information content (AvgIpc) is 2.52. The van der Waals surface area contributed by atoms with Crippen LogP contribution >= 0.6 is 28.3 Å². The zero-order valence-electron chi connectivity index (χ0n) is 7.20. The van der Waals surface area contributed by atoms with Crippen molar-refractivity contribution in [2.24, 2.45) is 0 Å². The molecule has 3 nitrogen and oxygen atoms in total. The van der Waals surface area contributed by atoms with Crippen molar-refractivity contribution in [2.75, 3.05) is 6.61 Å². The molecule has 1 aromatic carbocycles. The van der Waals surface area contributed by atoms with Gasteiger partial charge in [0, 0.05) is 4.47 Å². The smallest absolute Gasteiger partial charge is 0.407 e. The molecule has 1 heterocycles. The molecule has 1 amide bonds. The molecule has 1 N–H and O–H groups in total. The van der Waals surface area contributed by atoms with Crippen molar-refractivity contribution in [1.29, 1.82) is 0 Å². The van der Waals surface area contributed by atoms with Gasteiger partial charge in [-0.25, -0.2) is 4.79 Å². The fraction of sp³-hybridized carbons (Fsp3) is 0.222. The molecular formula is C9H9BrClNO2. The number of amides is 1. The highest BCUT2D eigenvalue weighted by Gasteiger charge is 2.23. The Kier molecular flexibility index (Phi) is 3.77. The summed E-state index contributed by atoms with van der Waals surface area (Å²) in [6.45, 7) is 0.412. The number of carbonyl (C=O) groups excluding carboxylic acids is 1. The maximum absolute atomic E-state index is 10.8. The number of carbonyl (C=O) groups is 1. The fourth-order valence-corrected chi connectivity index (χ4v) is 1.70. The van der Waals surface area contributed by atoms with E-state index < -0.39 is 0 Å². The minimum Gasteiger partial charge on any atom is -0.447 e. The van der Waals surface area contributed by atoms with E-state index in [-0.39, 0.29) is 24.5 Å². The first-order valence-corrected chi connectivity index (χ1v) is 4.74. The van der Waals surface area contributed by atoms with Crippen molar-refractivity contribution in [3.05, 3.63) is 34.3 Å². The van der Waals surface area contributed by atoms with Crippen LogP contribution < -0.4 is 5.32 Å². The lowest BCUT2D eigenvalue weighted by molar-refractivity contribution is 0.177. The van der Waals surface area contributed by atoms with Crippen LogP contribution in [0.15, 0.2) is 28.7 Å². The second-order valence-electron chi connectivity index (χ2n) is 2.85. The quantitative estimate of drug-likeness (QED) is 0.857. The van der Waals surface area contributed by atoms with Gasteiger partial charge in [-0.1, -0.05) is 28.1 Å². The van der Waals surface area contributed by atoms with Crippen molar-refractivity contribution in [2.45, 2.75) is 6.04 Å². The van der Waals surface area contributed by atoms with E-state index in [1.165, 1.54) is 0 Å². The van der Waals surface area contributed by atoms with Crippen LogP contribution in [0.5, 0.6) is 0 Å². The summed E-state index contributed by atoms with van der Waals surface area (Å²) in [5.74, 6) is 0. The molecule has 1 atom stereocenters. The Labute approximate surface area is 96.4 Å². The Bertz CT molecular complexity index is 345. The van der Waals surface area contributed by atoms with Crippen LogP contribution in [0.3, 0.4) is 0 Å². The predicted molar refractivity (Wildman–Crippen MR) is 58.6 cm³/mol. The molecule has 1 aromatic rings. The van der Waals surface area contributed by atoms with Crippen molar-refractivity contribution >= 4 is 34.4 Å². The van der Waals surface area contributed by atoms with Crippen molar-refractivity contribution in [3.63, 3.8) is 0 Å². The molecule has 0 spiro atoms. The van der Waals surface area contributed by atoms with E-state index in [1.54, 1.807) is 0 Å². The molecule has 0 bridgehead atoms. The van der Waals surface area contributed by atoms with Crippen LogP contribution in [0.1, 0.15) is 11.6 Å². The van der Waals surface area contributed by atoms with Crippen molar-refractivity contribution in [1.82, 2.24) is 5.32 Å². The van der Waals surface area contributed by atoms with Crippen LogP contribution in [-0.4, -0.2) is 12.7 Å². The first kappa shape index (κ1) is 11.3.